The zero-order chi connectivity index (χ0) is 13.9. The summed E-state index contributed by atoms with van der Waals surface area (Å²) >= 11 is 0. The maximum atomic E-state index is 5.63. The Kier molecular flexibility index (Phi) is 7.72. The number of aryl methyl sites for hydroxylation is 1. The van der Waals surface area contributed by atoms with Gasteiger partial charge in [0.05, 0.1) is 13.2 Å². The molecule has 1 rings (SSSR count). The number of unbranched alkanes of at least 4 members (excludes halogenated alkanes) is 1. The Morgan fingerprint density at radius 1 is 1.21 bits per heavy atom. The first kappa shape index (κ1) is 15.6. The Morgan fingerprint density at radius 3 is 2.74 bits per heavy atom. The molecular weight excluding hydrogens is 238 g/mol. The first-order chi connectivity index (χ1) is 9.27. The van der Waals surface area contributed by atoms with Gasteiger partial charge in [0.25, 0.3) is 0 Å². The first-order valence-electron chi connectivity index (χ1n) is 6.78. The van der Waals surface area contributed by atoms with Crippen LogP contribution in [0.5, 0.6) is 5.75 Å². The highest BCUT2D eigenvalue weighted by atomic mass is 16.5. The summed E-state index contributed by atoms with van der Waals surface area (Å²) in [5.41, 5.74) is 7.46. The highest BCUT2D eigenvalue weighted by Gasteiger charge is 1.99. The van der Waals surface area contributed by atoms with Crippen LogP contribution in [-0.2, 0) is 4.74 Å². The van der Waals surface area contributed by atoms with Crippen LogP contribution in [-0.4, -0.2) is 26.4 Å². The van der Waals surface area contributed by atoms with E-state index in [0.717, 1.165) is 36.3 Å². The molecule has 0 atom stereocenters. The Morgan fingerprint density at radius 2 is 2.05 bits per heavy atom. The van der Waals surface area contributed by atoms with E-state index in [1.165, 1.54) is 0 Å². The van der Waals surface area contributed by atoms with Crippen molar-refractivity contribution in [1.29, 1.82) is 0 Å². The summed E-state index contributed by atoms with van der Waals surface area (Å²) in [5.74, 6) is 6.75. The zero-order valence-electron chi connectivity index (χ0n) is 11.9. The van der Waals surface area contributed by atoms with E-state index >= 15 is 0 Å². The van der Waals surface area contributed by atoms with Crippen molar-refractivity contribution >= 4 is 0 Å². The standard InChI is InChI=1S/C16H23NO2/c1-3-4-10-18-11-12-19-16-8-7-15(6-5-9-17)14(2)13-16/h7-8,13H,3-4,9-12,17H2,1-2H3. The van der Waals surface area contributed by atoms with Gasteiger partial charge in [-0.05, 0) is 37.1 Å². The summed E-state index contributed by atoms with van der Waals surface area (Å²) in [5, 5.41) is 0. The first-order valence-corrected chi connectivity index (χ1v) is 6.78. The Labute approximate surface area is 116 Å². The van der Waals surface area contributed by atoms with Gasteiger partial charge < -0.3 is 15.2 Å². The summed E-state index contributed by atoms with van der Waals surface area (Å²) in [6.07, 6.45) is 2.26. The van der Waals surface area contributed by atoms with Gasteiger partial charge in [0, 0.05) is 12.2 Å². The number of hydrogen-bond acceptors (Lipinski definition) is 3. The van der Waals surface area contributed by atoms with E-state index in [4.69, 9.17) is 15.2 Å². The zero-order valence-corrected chi connectivity index (χ0v) is 11.9. The summed E-state index contributed by atoms with van der Waals surface area (Å²) in [4.78, 5) is 0. The lowest BCUT2D eigenvalue weighted by Crippen LogP contribution is -2.07. The number of rotatable bonds is 7. The molecule has 104 valence electrons. The van der Waals surface area contributed by atoms with Crippen LogP contribution in [0, 0.1) is 18.8 Å². The molecule has 1 aromatic rings. The fourth-order valence-corrected chi connectivity index (χ4v) is 1.58. The minimum absolute atomic E-state index is 0.382. The van der Waals surface area contributed by atoms with Crippen LogP contribution in [0.3, 0.4) is 0 Å². The SMILES string of the molecule is CCCCOCCOc1ccc(C#CCN)c(C)c1. The van der Waals surface area contributed by atoms with Crippen LogP contribution in [0.4, 0.5) is 0 Å². The van der Waals surface area contributed by atoms with Crippen molar-refractivity contribution in [3.63, 3.8) is 0 Å². The smallest absolute Gasteiger partial charge is 0.119 e. The third-order valence-corrected chi connectivity index (χ3v) is 2.66. The minimum Gasteiger partial charge on any atom is -0.491 e. The van der Waals surface area contributed by atoms with E-state index in [1.54, 1.807) is 0 Å². The molecule has 1 aromatic carbocycles. The lowest BCUT2D eigenvalue weighted by atomic mass is 10.1. The Bertz CT molecular complexity index is 432. The second-order valence-electron chi connectivity index (χ2n) is 4.30. The van der Waals surface area contributed by atoms with E-state index in [2.05, 4.69) is 18.8 Å². The topological polar surface area (TPSA) is 44.5 Å². The molecule has 3 nitrogen and oxygen atoms in total. The lowest BCUT2D eigenvalue weighted by Gasteiger charge is -2.08. The van der Waals surface area contributed by atoms with Crippen molar-refractivity contribution in [3.8, 4) is 17.6 Å². The van der Waals surface area contributed by atoms with Crippen molar-refractivity contribution in [2.24, 2.45) is 5.73 Å². The fourth-order valence-electron chi connectivity index (χ4n) is 1.58. The molecule has 0 bridgehead atoms. The fraction of sp³-hybridized carbons (Fsp3) is 0.500. The van der Waals surface area contributed by atoms with Gasteiger partial charge in [-0.2, -0.15) is 0 Å². The van der Waals surface area contributed by atoms with Gasteiger partial charge in [0.1, 0.15) is 12.4 Å². The van der Waals surface area contributed by atoms with Gasteiger partial charge >= 0.3 is 0 Å². The predicted molar refractivity (Wildman–Crippen MR) is 78.3 cm³/mol. The molecule has 0 heterocycles. The highest BCUT2D eigenvalue weighted by Crippen LogP contribution is 2.16. The third-order valence-electron chi connectivity index (χ3n) is 2.66. The molecular formula is C16H23NO2. The molecule has 0 aliphatic carbocycles. The van der Waals surface area contributed by atoms with Crippen LogP contribution in [0.15, 0.2) is 18.2 Å². The summed E-state index contributed by atoms with van der Waals surface area (Å²) in [6.45, 7) is 6.58. The Balaban J connectivity index is 2.37. The van der Waals surface area contributed by atoms with Crippen molar-refractivity contribution in [2.75, 3.05) is 26.4 Å². The van der Waals surface area contributed by atoms with Crippen LogP contribution in [0.25, 0.3) is 0 Å². The number of hydrogen-bond donors (Lipinski definition) is 1. The number of ether oxygens (including phenoxy) is 2. The average molecular weight is 261 g/mol. The van der Waals surface area contributed by atoms with Crippen LogP contribution in [0.2, 0.25) is 0 Å². The second-order valence-corrected chi connectivity index (χ2v) is 4.30. The predicted octanol–water partition coefficient (Wildman–Crippen LogP) is 2.50. The molecule has 0 aliphatic heterocycles. The summed E-state index contributed by atoms with van der Waals surface area (Å²) in [7, 11) is 0. The molecule has 19 heavy (non-hydrogen) atoms. The molecule has 0 aromatic heterocycles. The van der Waals surface area contributed by atoms with Gasteiger partial charge in [0.2, 0.25) is 0 Å². The quantitative estimate of drug-likeness (QED) is 0.606. The van der Waals surface area contributed by atoms with Gasteiger partial charge in [-0.15, -0.1) is 0 Å². The van der Waals surface area contributed by atoms with E-state index in [0.29, 0.717) is 19.8 Å². The van der Waals surface area contributed by atoms with Crippen molar-refractivity contribution in [1.82, 2.24) is 0 Å². The van der Waals surface area contributed by atoms with Crippen LogP contribution in [0.1, 0.15) is 30.9 Å². The molecule has 0 amide bonds. The van der Waals surface area contributed by atoms with Gasteiger partial charge in [-0.1, -0.05) is 25.2 Å². The largest absolute Gasteiger partial charge is 0.491 e. The highest BCUT2D eigenvalue weighted by molar-refractivity contribution is 5.44. The monoisotopic (exact) mass is 261 g/mol. The van der Waals surface area contributed by atoms with E-state index < -0.39 is 0 Å². The van der Waals surface area contributed by atoms with Crippen molar-refractivity contribution < 1.29 is 9.47 Å². The molecule has 0 radical (unpaired) electrons. The van der Waals surface area contributed by atoms with E-state index in [1.807, 2.05) is 25.1 Å². The number of benzene rings is 1. The van der Waals surface area contributed by atoms with E-state index in [-0.39, 0.29) is 0 Å². The normalized spacial score (nSPS) is 9.84. The molecule has 0 aliphatic rings. The Hall–Kier alpha value is -1.50. The van der Waals surface area contributed by atoms with E-state index in [9.17, 15) is 0 Å². The number of nitrogens with two attached hydrogens (primary N) is 1. The third kappa shape index (κ3) is 6.28. The van der Waals surface area contributed by atoms with Crippen LogP contribution < -0.4 is 10.5 Å². The van der Waals surface area contributed by atoms with Crippen molar-refractivity contribution in [3.05, 3.63) is 29.3 Å². The summed E-state index contributed by atoms with van der Waals surface area (Å²) in [6, 6.07) is 5.89. The maximum Gasteiger partial charge on any atom is 0.119 e. The molecule has 0 unspecified atom stereocenters. The van der Waals surface area contributed by atoms with Crippen LogP contribution >= 0.6 is 0 Å². The molecule has 2 N–H and O–H groups in total. The minimum atomic E-state index is 0.382. The lowest BCUT2D eigenvalue weighted by molar-refractivity contribution is 0.0980. The second kappa shape index (κ2) is 9.43. The molecule has 0 fully saturated rings. The molecule has 0 saturated heterocycles. The maximum absolute atomic E-state index is 5.63. The van der Waals surface area contributed by atoms with Gasteiger partial charge in [-0.25, -0.2) is 0 Å². The molecule has 0 saturated carbocycles. The summed E-state index contributed by atoms with van der Waals surface area (Å²) < 4.78 is 11.1. The average Bonchev–Trinajstić information content (AvgIpc) is 2.42. The van der Waals surface area contributed by atoms with Gasteiger partial charge in [-0.3, -0.25) is 0 Å². The molecule has 3 heteroatoms. The molecule has 0 spiro atoms. The van der Waals surface area contributed by atoms with Crippen molar-refractivity contribution in [2.45, 2.75) is 26.7 Å². The van der Waals surface area contributed by atoms with Gasteiger partial charge in [0.15, 0.2) is 0 Å².